The zero-order chi connectivity index (χ0) is 13.3. The topological polar surface area (TPSA) is 107 Å². The average Bonchev–Trinajstić information content (AvgIpc) is 2.21. The fraction of sp³-hybridized carbons (Fsp3) is 0.333. The van der Waals surface area contributed by atoms with Crippen molar-refractivity contribution in [3.63, 3.8) is 0 Å². The van der Waals surface area contributed by atoms with Crippen LogP contribution in [0.2, 0.25) is 0 Å². The Morgan fingerprint density at radius 1 is 1.11 bits per heavy atom. The van der Waals surface area contributed by atoms with Crippen molar-refractivity contribution >= 4 is 11.9 Å². The molecular formula is C12H13NO5. The molecule has 18 heavy (non-hydrogen) atoms. The maximum absolute atomic E-state index is 11.9. The van der Waals surface area contributed by atoms with E-state index in [1.165, 1.54) is 12.1 Å². The molecule has 6 heteroatoms. The van der Waals surface area contributed by atoms with Crippen LogP contribution in [0.25, 0.3) is 0 Å². The van der Waals surface area contributed by atoms with Crippen LogP contribution in [0.5, 0.6) is 11.5 Å². The Morgan fingerprint density at radius 2 is 1.67 bits per heavy atom. The maximum atomic E-state index is 11.9. The molecule has 1 aliphatic carbocycles. The number of phenols is 2. The Morgan fingerprint density at radius 3 is 2.06 bits per heavy atom. The average molecular weight is 251 g/mol. The van der Waals surface area contributed by atoms with Gasteiger partial charge in [-0.1, -0.05) is 0 Å². The number of hydrogen-bond acceptors (Lipinski definition) is 4. The van der Waals surface area contributed by atoms with Crippen LogP contribution in [0, 0.1) is 0 Å². The number of nitrogens with one attached hydrogen (secondary N) is 1. The van der Waals surface area contributed by atoms with Gasteiger partial charge >= 0.3 is 5.97 Å². The number of carboxylic acid groups (broad SMARTS) is 1. The molecule has 2 rings (SSSR count). The Hall–Kier alpha value is -2.24. The molecule has 0 bridgehead atoms. The van der Waals surface area contributed by atoms with Crippen molar-refractivity contribution in [1.82, 2.24) is 5.32 Å². The Bertz CT molecular complexity index is 487. The number of carboxylic acids is 1. The highest BCUT2D eigenvalue weighted by molar-refractivity contribution is 5.98. The summed E-state index contributed by atoms with van der Waals surface area (Å²) in [4.78, 5) is 23.0. The minimum absolute atomic E-state index is 0.0278. The minimum Gasteiger partial charge on any atom is -0.508 e. The molecule has 0 aliphatic heterocycles. The van der Waals surface area contributed by atoms with Gasteiger partial charge in [-0.25, -0.2) is 4.79 Å². The largest absolute Gasteiger partial charge is 0.508 e. The van der Waals surface area contributed by atoms with Gasteiger partial charge in [0.15, 0.2) is 0 Å². The second-order valence-corrected chi connectivity index (χ2v) is 4.43. The van der Waals surface area contributed by atoms with Gasteiger partial charge in [0.2, 0.25) is 0 Å². The number of aliphatic carboxylic acids is 1. The Balaban J connectivity index is 2.19. The van der Waals surface area contributed by atoms with Gasteiger partial charge in [-0.05, 0) is 31.4 Å². The number of carbonyl (C=O) groups is 2. The summed E-state index contributed by atoms with van der Waals surface area (Å²) in [5.41, 5.74) is -1.18. The lowest BCUT2D eigenvalue weighted by Crippen LogP contribution is -2.59. The summed E-state index contributed by atoms with van der Waals surface area (Å²) in [5, 5.41) is 30.0. The summed E-state index contributed by atoms with van der Waals surface area (Å²) in [6.07, 6.45) is 1.52. The molecule has 1 amide bonds. The molecule has 0 unspecified atom stereocenters. The summed E-state index contributed by atoms with van der Waals surface area (Å²) in [6.45, 7) is 0. The lowest BCUT2D eigenvalue weighted by atomic mass is 9.76. The van der Waals surface area contributed by atoms with E-state index in [1.54, 1.807) is 0 Å². The lowest BCUT2D eigenvalue weighted by Gasteiger charge is -2.38. The van der Waals surface area contributed by atoms with Gasteiger partial charge in [0.05, 0.1) is 0 Å². The van der Waals surface area contributed by atoms with Crippen LogP contribution in [-0.2, 0) is 4.79 Å². The van der Waals surface area contributed by atoms with Crippen molar-refractivity contribution in [1.29, 1.82) is 0 Å². The molecule has 96 valence electrons. The van der Waals surface area contributed by atoms with Gasteiger partial charge in [-0.3, -0.25) is 4.79 Å². The van der Waals surface area contributed by atoms with Crippen LogP contribution in [-0.4, -0.2) is 32.7 Å². The number of carbonyl (C=O) groups excluding carboxylic acids is 1. The summed E-state index contributed by atoms with van der Waals surface area (Å²) in [6, 6.07) is 3.43. The molecule has 0 heterocycles. The third-order valence-electron chi connectivity index (χ3n) is 3.13. The molecule has 1 aliphatic rings. The smallest absolute Gasteiger partial charge is 0.329 e. The van der Waals surface area contributed by atoms with Gasteiger partial charge in [-0.15, -0.1) is 0 Å². The van der Waals surface area contributed by atoms with Crippen LogP contribution in [0.4, 0.5) is 0 Å². The first kappa shape index (κ1) is 12.2. The monoisotopic (exact) mass is 251 g/mol. The molecule has 0 atom stereocenters. The Kier molecular flexibility index (Phi) is 2.86. The molecule has 0 radical (unpaired) electrons. The van der Waals surface area contributed by atoms with Gasteiger partial charge < -0.3 is 20.6 Å². The number of rotatable bonds is 3. The third kappa shape index (κ3) is 2.09. The summed E-state index contributed by atoms with van der Waals surface area (Å²) < 4.78 is 0. The van der Waals surface area contributed by atoms with E-state index in [-0.39, 0.29) is 17.1 Å². The standard InChI is InChI=1S/C12H13NO5/c14-8-4-7(5-9(15)6-8)10(16)13-12(11(17)18)2-1-3-12/h4-6,14-15H,1-3H2,(H,13,16)(H,17,18). The quantitative estimate of drug-likeness (QED) is 0.636. The van der Waals surface area contributed by atoms with E-state index < -0.39 is 17.4 Å². The van der Waals surface area contributed by atoms with Crippen LogP contribution in [0.3, 0.4) is 0 Å². The van der Waals surface area contributed by atoms with E-state index in [4.69, 9.17) is 5.11 Å². The van der Waals surface area contributed by atoms with Crippen molar-refractivity contribution in [2.24, 2.45) is 0 Å². The Labute approximate surface area is 103 Å². The number of aromatic hydroxyl groups is 2. The van der Waals surface area contributed by atoms with Gasteiger partial charge in [-0.2, -0.15) is 0 Å². The zero-order valence-electron chi connectivity index (χ0n) is 9.51. The van der Waals surface area contributed by atoms with E-state index in [9.17, 15) is 19.8 Å². The van der Waals surface area contributed by atoms with Crippen molar-refractivity contribution < 1.29 is 24.9 Å². The summed E-state index contributed by atoms with van der Waals surface area (Å²) >= 11 is 0. The molecule has 0 spiro atoms. The highest BCUT2D eigenvalue weighted by Crippen LogP contribution is 2.32. The molecule has 1 aromatic rings. The van der Waals surface area contributed by atoms with Crippen molar-refractivity contribution in [3.8, 4) is 11.5 Å². The molecule has 6 nitrogen and oxygen atoms in total. The van der Waals surface area contributed by atoms with Crippen molar-refractivity contribution in [2.75, 3.05) is 0 Å². The van der Waals surface area contributed by atoms with E-state index >= 15 is 0 Å². The van der Waals surface area contributed by atoms with Gasteiger partial charge in [0, 0.05) is 11.6 Å². The first-order valence-corrected chi connectivity index (χ1v) is 5.52. The molecule has 1 aromatic carbocycles. The number of phenolic OH excluding ortho intramolecular Hbond substituents is 2. The minimum atomic E-state index is -1.21. The summed E-state index contributed by atoms with van der Waals surface area (Å²) in [7, 11) is 0. The van der Waals surface area contributed by atoms with Gasteiger partial charge in [0.1, 0.15) is 17.0 Å². The SMILES string of the molecule is O=C(NC1(C(=O)O)CCC1)c1cc(O)cc(O)c1. The molecular weight excluding hydrogens is 238 g/mol. The van der Waals surface area contributed by atoms with E-state index in [2.05, 4.69) is 5.32 Å². The highest BCUT2D eigenvalue weighted by atomic mass is 16.4. The first-order chi connectivity index (χ1) is 8.43. The third-order valence-corrected chi connectivity index (χ3v) is 3.13. The lowest BCUT2D eigenvalue weighted by molar-refractivity contribution is -0.148. The molecule has 1 saturated carbocycles. The van der Waals surface area contributed by atoms with Crippen LogP contribution < -0.4 is 5.32 Å². The first-order valence-electron chi connectivity index (χ1n) is 5.52. The summed E-state index contributed by atoms with van der Waals surface area (Å²) in [5.74, 6) is -2.19. The number of hydrogen-bond donors (Lipinski definition) is 4. The predicted molar refractivity (Wildman–Crippen MR) is 61.5 cm³/mol. The van der Waals surface area contributed by atoms with E-state index in [0.717, 1.165) is 12.5 Å². The highest BCUT2D eigenvalue weighted by Gasteiger charge is 2.45. The number of amides is 1. The second-order valence-electron chi connectivity index (χ2n) is 4.43. The van der Waals surface area contributed by atoms with E-state index in [0.29, 0.717) is 12.8 Å². The van der Waals surface area contributed by atoms with Crippen LogP contribution in [0.15, 0.2) is 18.2 Å². The zero-order valence-corrected chi connectivity index (χ0v) is 9.51. The molecule has 0 saturated heterocycles. The maximum Gasteiger partial charge on any atom is 0.329 e. The van der Waals surface area contributed by atoms with E-state index in [1.807, 2.05) is 0 Å². The fourth-order valence-corrected chi connectivity index (χ4v) is 1.94. The molecule has 0 aromatic heterocycles. The molecule has 1 fully saturated rings. The molecule has 4 N–H and O–H groups in total. The predicted octanol–water partition coefficient (Wildman–Crippen LogP) is 0.835. The van der Waals surface area contributed by atoms with Crippen LogP contribution >= 0.6 is 0 Å². The normalized spacial score (nSPS) is 16.7. The van der Waals surface area contributed by atoms with Crippen LogP contribution in [0.1, 0.15) is 29.6 Å². The second kappa shape index (κ2) is 4.21. The number of benzene rings is 1. The van der Waals surface area contributed by atoms with Gasteiger partial charge in [0.25, 0.3) is 5.91 Å². The fourth-order valence-electron chi connectivity index (χ4n) is 1.94. The van der Waals surface area contributed by atoms with Crippen molar-refractivity contribution in [3.05, 3.63) is 23.8 Å². The van der Waals surface area contributed by atoms with Crippen molar-refractivity contribution in [2.45, 2.75) is 24.8 Å².